The van der Waals surface area contributed by atoms with Crippen molar-refractivity contribution in [1.29, 1.82) is 0 Å². The van der Waals surface area contributed by atoms with Crippen molar-refractivity contribution >= 4 is 12.2 Å². The summed E-state index contributed by atoms with van der Waals surface area (Å²) in [7, 11) is 0. The molecular weight excluding hydrogens is 516 g/mol. The monoisotopic (exact) mass is 571 g/mol. The smallest absolute Gasteiger partial charge is 0.309 e. The number of hydrogen-bond donors (Lipinski definition) is 5. The van der Waals surface area contributed by atoms with E-state index in [9.17, 15) is 25.2 Å². The van der Waals surface area contributed by atoms with E-state index in [4.69, 9.17) is 0 Å². The maximum Gasteiger partial charge on any atom is 0.309 e. The first-order valence-electron chi connectivity index (χ1n) is 16.3. The van der Waals surface area contributed by atoms with E-state index < -0.39 is 23.6 Å². The number of carbonyl (C=O) groups is 1. The number of aromatic amines is 1. The fraction of sp³-hybridized carbons (Fsp3) is 0.735. The van der Waals surface area contributed by atoms with Crippen molar-refractivity contribution in [1.82, 2.24) is 4.98 Å². The molecule has 2 heterocycles. The number of aliphatic hydroxyl groups is 3. The van der Waals surface area contributed by atoms with Crippen LogP contribution >= 0.6 is 0 Å². The first kappa shape index (κ1) is 33.4. The minimum Gasteiger partial charge on any atom is -0.481 e. The number of unbranched alkanes of at least 4 members (excludes halogenated alkanes) is 7. The van der Waals surface area contributed by atoms with Crippen LogP contribution < -0.4 is 0 Å². The standard InChI is InChI=1S/C34H54N2O5/c1-2-3-4-5-8-13-30(37)14-9-6-7-10-15-31(33(39)40)32(38)16-18-34(41)24-27(21-26-17-20-35-25-26)22-28(34)23-29-12-11-19-36-29/h11-12,17,19-20,25,27-28,30-32,36-38,41H,2-10,13-16,18,21-24H2,1H3/p+1/t27-,28-,30-,31-,32+,34+/m0/s1. The number of allylic oxidation sites excluding steroid dienone is 1. The highest BCUT2D eigenvalue weighted by atomic mass is 16.4. The number of carboxylic acids is 1. The quantitative estimate of drug-likeness (QED) is 0.0774. The predicted octanol–water partition coefficient (Wildman–Crippen LogP) is 6.78. The lowest BCUT2D eigenvalue weighted by atomic mass is 9.81. The van der Waals surface area contributed by atoms with Crippen molar-refractivity contribution in [2.75, 3.05) is 0 Å². The van der Waals surface area contributed by atoms with Crippen LogP contribution in [0.3, 0.4) is 0 Å². The van der Waals surface area contributed by atoms with Gasteiger partial charge in [0.1, 0.15) is 12.1 Å². The molecule has 5 N–H and O–H groups in total. The highest BCUT2D eigenvalue weighted by molar-refractivity contribution is 5.81. The SMILES string of the molecule is CCCCCCC[C@H](O)CCCCCC[C@H](C(=O)O)[C@H](O)CC[C@@]1(O)C[C@@H](CC2=C[CH+]N=C2)C[C@H]1Cc1ccc[nH]1. The number of aliphatic hydroxyl groups excluding tert-OH is 2. The molecule has 1 aliphatic carbocycles. The van der Waals surface area contributed by atoms with Crippen molar-refractivity contribution in [3.63, 3.8) is 0 Å². The van der Waals surface area contributed by atoms with Crippen LogP contribution in [-0.4, -0.2) is 55.4 Å². The molecule has 0 aromatic carbocycles. The van der Waals surface area contributed by atoms with Gasteiger partial charge in [-0.15, -0.1) is 4.99 Å². The Bertz CT molecular complexity index is 930. The van der Waals surface area contributed by atoms with Crippen LogP contribution in [0.25, 0.3) is 0 Å². The van der Waals surface area contributed by atoms with Crippen molar-refractivity contribution in [2.24, 2.45) is 22.7 Å². The lowest BCUT2D eigenvalue weighted by Gasteiger charge is -2.32. The molecule has 1 aliphatic heterocycles. The van der Waals surface area contributed by atoms with Gasteiger partial charge in [-0.3, -0.25) is 4.79 Å². The van der Waals surface area contributed by atoms with Gasteiger partial charge in [0.05, 0.1) is 29.8 Å². The molecule has 7 heteroatoms. The van der Waals surface area contributed by atoms with Crippen LogP contribution in [0.4, 0.5) is 0 Å². The minimum atomic E-state index is -0.976. The molecule has 1 fully saturated rings. The number of nitrogens with zero attached hydrogens (tertiary/aromatic N) is 1. The zero-order valence-electron chi connectivity index (χ0n) is 25.2. The highest BCUT2D eigenvalue weighted by Crippen LogP contribution is 2.47. The number of aliphatic imine (C=N–C) groups is 1. The average Bonchev–Trinajstić information content (AvgIpc) is 3.70. The van der Waals surface area contributed by atoms with Crippen molar-refractivity contribution < 1.29 is 25.2 Å². The normalized spacial score (nSPS) is 24.2. The maximum absolute atomic E-state index is 12.0. The Morgan fingerprint density at radius 1 is 1.05 bits per heavy atom. The molecule has 3 rings (SSSR count). The van der Waals surface area contributed by atoms with E-state index in [0.29, 0.717) is 25.2 Å². The van der Waals surface area contributed by atoms with Gasteiger partial charge in [0.25, 0.3) is 0 Å². The summed E-state index contributed by atoms with van der Waals surface area (Å²) in [5.41, 5.74) is 1.34. The Labute approximate surface area is 247 Å². The second kappa shape index (κ2) is 17.8. The van der Waals surface area contributed by atoms with E-state index >= 15 is 0 Å². The van der Waals surface area contributed by atoms with Crippen LogP contribution in [0.2, 0.25) is 0 Å². The molecule has 1 saturated carbocycles. The van der Waals surface area contributed by atoms with Gasteiger partial charge in [0, 0.05) is 18.3 Å². The predicted molar refractivity (Wildman–Crippen MR) is 165 cm³/mol. The number of nitrogens with one attached hydrogen (secondary N) is 1. The van der Waals surface area contributed by atoms with Crippen LogP contribution in [0.5, 0.6) is 0 Å². The number of aromatic nitrogens is 1. The number of carboxylic acid groups (broad SMARTS) is 1. The topological polar surface area (TPSA) is 126 Å². The van der Waals surface area contributed by atoms with E-state index in [1.807, 2.05) is 30.6 Å². The Morgan fingerprint density at radius 2 is 1.76 bits per heavy atom. The van der Waals surface area contributed by atoms with Crippen LogP contribution in [0, 0.1) is 24.3 Å². The fourth-order valence-electron chi connectivity index (χ4n) is 6.95. The number of rotatable bonds is 22. The summed E-state index contributed by atoms with van der Waals surface area (Å²) >= 11 is 0. The van der Waals surface area contributed by atoms with E-state index in [-0.39, 0.29) is 18.4 Å². The third-order valence-corrected chi connectivity index (χ3v) is 9.39. The van der Waals surface area contributed by atoms with Gasteiger partial charge < -0.3 is 25.4 Å². The van der Waals surface area contributed by atoms with Crippen molar-refractivity contribution in [3.05, 3.63) is 42.2 Å². The molecule has 1 aromatic rings. The molecule has 0 unspecified atom stereocenters. The fourth-order valence-corrected chi connectivity index (χ4v) is 6.95. The summed E-state index contributed by atoms with van der Waals surface area (Å²) in [4.78, 5) is 19.5. The van der Waals surface area contributed by atoms with Gasteiger partial charge in [-0.2, -0.15) is 0 Å². The molecule has 230 valence electrons. The summed E-state index contributed by atoms with van der Waals surface area (Å²) in [6.45, 7) is 4.01. The van der Waals surface area contributed by atoms with Gasteiger partial charge in [0.15, 0.2) is 6.21 Å². The summed E-state index contributed by atoms with van der Waals surface area (Å²) in [5, 5.41) is 42.8. The zero-order chi connectivity index (χ0) is 29.5. The summed E-state index contributed by atoms with van der Waals surface area (Å²) in [6, 6.07) is 4.01. The summed E-state index contributed by atoms with van der Waals surface area (Å²) in [6.07, 6.45) is 20.2. The molecule has 7 nitrogen and oxygen atoms in total. The molecule has 0 spiro atoms. The van der Waals surface area contributed by atoms with Crippen LogP contribution in [0.1, 0.15) is 122 Å². The second-order valence-electron chi connectivity index (χ2n) is 12.8. The zero-order valence-corrected chi connectivity index (χ0v) is 25.2. The maximum atomic E-state index is 12.0. The molecule has 0 radical (unpaired) electrons. The molecular formula is C34H55N2O5+. The molecule has 0 bridgehead atoms. The number of hydrogen-bond acceptors (Lipinski definition) is 5. The van der Waals surface area contributed by atoms with Gasteiger partial charge in [-0.05, 0) is 75.3 Å². The molecule has 1 aromatic heterocycles. The molecule has 6 atom stereocenters. The van der Waals surface area contributed by atoms with Crippen molar-refractivity contribution in [3.8, 4) is 0 Å². The highest BCUT2D eigenvalue weighted by Gasteiger charge is 2.47. The Balaban J connectivity index is 1.41. The molecule has 0 saturated heterocycles. The Hall–Kier alpha value is -2.09. The largest absolute Gasteiger partial charge is 0.481 e. The second-order valence-corrected chi connectivity index (χ2v) is 12.8. The third kappa shape index (κ3) is 11.6. The van der Waals surface area contributed by atoms with E-state index in [0.717, 1.165) is 69.9 Å². The van der Waals surface area contributed by atoms with Gasteiger partial charge in [-0.1, -0.05) is 64.7 Å². The number of H-pyrrole nitrogens is 1. The van der Waals surface area contributed by atoms with Gasteiger partial charge in [-0.25, -0.2) is 0 Å². The lowest BCUT2D eigenvalue weighted by Crippen LogP contribution is -2.37. The van der Waals surface area contributed by atoms with Gasteiger partial charge in [0.2, 0.25) is 0 Å². The first-order chi connectivity index (χ1) is 19.8. The Morgan fingerprint density at radius 3 is 2.37 bits per heavy atom. The molecule has 41 heavy (non-hydrogen) atoms. The summed E-state index contributed by atoms with van der Waals surface area (Å²) < 4.78 is 0. The van der Waals surface area contributed by atoms with E-state index in [2.05, 4.69) is 16.9 Å². The summed E-state index contributed by atoms with van der Waals surface area (Å²) in [5.74, 6) is -1.40. The van der Waals surface area contributed by atoms with Crippen LogP contribution in [-0.2, 0) is 11.2 Å². The average molecular weight is 572 g/mol. The molecule has 2 aliphatic rings. The lowest BCUT2D eigenvalue weighted by molar-refractivity contribution is -0.146. The minimum absolute atomic E-state index is 0.0521. The van der Waals surface area contributed by atoms with Crippen molar-refractivity contribution in [2.45, 2.75) is 140 Å². The van der Waals surface area contributed by atoms with Crippen LogP contribution in [0.15, 0.2) is 35.0 Å². The Kier molecular flexibility index (Phi) is 14.5. The first-order valence-corrected chi connectivity index (χ1v) is 16.3. The third-order valence-electron chi connectivity index (χ3n) is 9.39. The molecule has 0 amide bonds. The van der Waals surface area contributed by atoms with E-state index in [1.54, 1.807) is 6.54 Å². The van der Waals surface area contributed by atoms with E-state index in [1.165, 1.54) is 31.3 Å². The number of aliphatic carboxylic acids is 1. The van der Waals surface area contributed by atoms with Gasteiger partial charge >= 0.3 is 5.97 Å².